The van der Waals surface area contributed by atoms with Crippen molar-refractivity contribution in [1.82, 2.24) is 4.90 Å². The molecule has 1 aliphatic heterocycles. The number of carbonyl (C=O) groups excluding carboxylic acids is 1. The summed E-state index contributed by atoms with van der Waals surface area (Å²) in [5, 5.41) is 0.702. The smallest absolute Gasteiger partial charge is 0.281 e. The molecule has 3 aromatic rings. The van der Waals surface area contributed by atoms with Gasteiger partial charge in [0.2, 0.25) is 0 Å². The van der Waals surface area contributed by atoms with Crippen molar-refractivity contribution in [2.45, 2.75) is 6.61 Å². The standard InChI is InChI=1S/C25H20ClFN2O3S/c1-28-21(24(30)29(25(28)33)19-6-4-3-5-7-19)13-17-12-20(26)23(22(14-17)31-2)32-15-16-8-10-18(27)11-9-16/h3-14H,15H2,1-2H3/b21-13-. The van der Waals surface area contributed by atoms with Crippen LogP contribution in [0.25, 0.3) is 6.08 Å². The summed E-state index contributed by atoms with van der Waals surface area (Å²) >= 11 is 12.0. The fraction of sp³-hybridized carbons (Fsp3) is 0.120. The summed E-state index contributed by atoms with van der Waals surface area (Å²) in [6.45, 7) is 0.193. The van der Waals surface area contributed by atoms with Crippen LogP contribution in [-0.4, -0.2) is 30.1 Å². The van der Waals surface area contributed by atoms with Crippen molar-refractivity contribution in [3.8, 4) is 11.5 Å². The molecule has 0 saturated carbocycles. The number of rotatable bonds is 6. The molecule has 1 saturated heterocycles. The second-order valence-electron chi connectivity index (χ2n) is 7.30. The van der Waals surface area contributed by atoms with E-state index in [0.717, 1.165) is 5.56 Å². The molecule has 1 heterocycles. The van der Waals surface area contributed by atoms with E-state index in [0.29, 0.717) is 38.6 Å². The Bertz CT molecular complexity index is 1230. The van der Waals surface area contributed by atoms with E-state index in [2.05, 4.69) is 0 Å². The summed E-state index contributed by atoms with van der Waals surface area (Å²) in [6.07, 6.45) is 1.70. The highest BCUT2D eigenvalue weighted by molar-refractivity contribution is 7.80. The van der Waals surface area contributed by atoms with E-state index in [9.17, 15) is 9.18 Å². The van der Waals surface area contributed by atoms with Crippen molar-refractivity contribution in [2.75, 3.05) is 19.1 Å². The van der Waals surface area contributed by atoms with Crippen molar-refractivity contribution < 1.29 is 18.7 Å². The van der Waals surface area contributed by atoms with E-state index < -0.39 is 0 Å². The number of anilines is 1. The molecule has 0 aromatic heterocycles. The number of likely N-dealkylation sites (N-methyl/N-ethyl adjacent to an activating group) is 1. The number of carbonyl (C=O) groups is 1. The van der Waals surface area contributed by atoms with Gasteiger partial charge in [-0.3, -0.25) is 9.69 Å². The molecular formula is C25H20ClFN2O3S. The Morgan fingerprint density at radius 1 is 1.09 bits per heavy atom. The molecule has 1 aliphatic rings. The Balaban J connectivity index is 1.61. The van der Waals surface area contributed by atoms with Crippen LogP contribution in [0, 0.1) is 5.82 Å². The van der Waals surface area contributed by atoms with Gasteiger partial charge in [0.25, 0.3) is 5.91 Å². The molecule has 5 nitrogen and oxygen atoms in total. The third-order valence-electron chi connectivity index (χ3n) is 5.13. The number of nitrogens with zero attached hydrogens (tertiary/aromatic N) is 2. The van der Waals surface area contributed by atoms with Gasteiger partial charge in [0.05, 0.1) is 17.8 Å². The number of halogens is 2. The quantitative estimate of drug-likeness (QED) is 0.334. The molecule has 33 heavy (non-hydrogen) atoms. The van der Waals surface area contributed by atoms with Crippen LogP contribution < -0.4 is 14.4 Å². The SMILES string of the molecule is COc1cc(/C=C2/C(=O)N(c3ccccc3)C(=S)N2C)cc(Cl)c1OCc1ccc(F)cc1. The van der Waals surface area contributed by atoms with Crippen LogP contribution in [0.4, 0.5) is 10.1 Å². The lowest BCUT2D eigenvalue weighted by Gasteiger charge is -2.16. The Kier molecular flexibility index (Phi) is 6.62. The van der Waals surface area contributed by atoms with E-state index in [1.807, 2.05) is 30.3 Å². The number of benzene rings is 3. The zero-order valence-corrected chi connectivity index (χ0v) is 19.5. The minimum Gasteiger partial charge on any atom is -0.493 e. The number of hydrogen-bond donors (Lipinski definition) is 0. The highest BCUT2D eigenvalue weighted by atomic mass is 35.5. The van der Waals surface area contributed by atoms with Crippen LogP contribution in [0.15, 0.2) is 72.4 Å². The van der Waals surface area contributed by atoms with Crippen molar-refractivity contribution in [2.24, 2.45) is 0 Å². The molecular weight excluding hydrogens is 463 g/mol. The second kappa shape index (κ2) is 9.60. The summed E-state index contributed by atoms with van der Waals surface area (Å²) in [4.78, 5) is 16.3. The van der Waals surface area contributed by atoms with Gasteiger partial charge < -0.3 is 14.4 Å². The molecule has 0 N–H and O–H groups in total. The van der Waals surface area contributed by atoms with Crippen molar-refractivity contribution in [1.29, 1.82) is 0 Å². The lowest BCUT2D eigenvalue weighted by atomic mass is 10.1. The first-order valence-electron chi connectivity index (χ1n) is 10.0. The van der Waals surface area contributed by atoms with E-state index in [4.69, 9.17) is 33.3 Å². The number of thiocarbonyl (C=S) groups is 1. The predicted octanol–water partition coefficient (Wildman–Crippen LogP) is 5.67. The fourth-order valence-corrected chi connectivity index (χ4v) is 3.98. The first-order valence-corrected chi connectivity index (χ1v) is 10.8. The van der Waals surface area contributed by atoms with Crippen LogP contribution >= 0.6 is 23.8 Å². The Hall–Kier alpha value is -3.42. The van der Waals surface area contributed by atoms with Crippen molar-refractivity contribution in [3.05, 3.63) is 94.4 Å². The topological polar surface area (TPSA) is 42.0 Å². The number of para-hydroxylation sites is 1. The summed E-state index contributed by atoms with van der Waals surface area (Å²) in [5.74, 6) is 0.217. The molecule has 4 rings (SSSR count). The average molecular weight is 483 g/mol. The Morgan fingerprint density at radius 3 is 2.45 bits per heavy atom. The number of methoxy groups -OCH3 is 1. The maximum absolute atomic E-state index is 13.1. The van der Waals surface area contributed by atoms with Gasteiger partial charge in [-0.05, 0) is 65.8 Å². The molecule has 0 radical (unpaired) electrons. The molecule has 1 fully saturated rings. The Morgan fingerprint density at radius 2 is 1.79 bits per heavy atom. The molecule has 0 bridgehead atoms. The molecule has 0 aliphatic carbocycles. The molecule has 3 aromatic carbocycles. The van der Waals surface area contributed by atoms with Crippen LogP contribution in [-0.2, 0) is 11.4 Å². The second-order valence-corrected chi connectivity index (χ2v) is 8.07. The van der Waals surface area contributed by atoms with Gasteiger partial charge in [-0.1, -0.05) is 41.9 Å². The normalized spacial score (nSPS) is 14.8. The molecule has 1 amide bonds. The maximum atomic E-state index is 13.1. The third-order valence-corrected chi connectivity index (χ3v) is 5.86. The Labute approximate surface area is 201 Å². The van der Waals surface area contributed by atoms with Crippen LogP contribution in [0.1, 0.15) is 11.1 Å². The summed E-state index contributed by atoms with van der Waals surface area (Å²) < 4.78 is 24.4. The lowest BCUT2D eigenvalue weighted by Crippen LogP contribution is -2.30. The van der Waals surface area contributed by atoms with E-state index in [1.165, 1.54) is 24.1 Å². The molecule has 0 unspecified atom stereocenters. The maximum Gasteiger partial charge on any atom is 0.281 e. The summed E-state index contributed by atoms with van der Waals surface area (Å²) in [6, 6.07) is 18.7. The highest BCUT2D eigenvalue weighted by Crippen LogP contribution is 2.38. The van der Waals surface area contributed by atoms with Gasteiger partial charge in [-0.25, -0.2) is 4.39 Å². The van der Waals surface area contributed by atoms with E-state index in [1.54, 1.807) is 42.3 Å². The zero-order chi connectivity index (χ0) is 23.5. The van der Waals surface area contributed by atoms with E-state index in [-0.39, 0.29) is 18.3 Å². The molecule has 0 spiro atoms. The van der Waals surface area contributed by atoms with Gasteiger partial charge >= 0.3 is 0 Å². The summed E-state index contributed by atoms with van der Waals surface area (Å²) in [7, 11) is 3.25. The largest absolute Gasteiger partial charge is 0.493 e. The van der Waals surface area contributed by atoms with Crippen molar-refractivity contribution >= 4 is 46.6 Å². The van der Waals surface area contributed by atoms with Gasteiger partial charge in [0.15, 0.2) is 16.6 Å². The number of ether oxygens (including phenoxy) is 2. The minimum atomic E-state index is -0.316. The molecule has 168 valence electrons. The first kappa shape index (κ1) is 22.8. The van der Waals surface area contributed by atoms with Gasteiger partial charge in [-0.2, -0.15) is 0 Å². The van der Waals surface area contributed by atoms with Crippen molar-refractivity contribution in [3.63, 3.8) is 0 Å². The highest BCUT2D eigenvalue weighted by Gasteiger charge is 2.36. The molecule has 0 atom stereocenters. The zero-order valence-electron chi connectivity index (χ0n) is 17.9. The van der Waals surface area contributed by atoms with Gasteiger partial charge in [-0.15, -0.1) is 0 Å². The summed E-state index contributed by atoms with van der Waals surface area (Å²) in [5.41, 5.74) is 2.54. The van der Waals surface area contributed by atoms with E-state index >= 15 is 0 Å². The minimum absolute atomic E-state index is 0.193. The molecule has 8 heteroatoms. The first-order chi connectivity index (χ1) is 15.9. The average Bonchev–Trinajstić information content (AvgIpc) is 3.02. The number of amides is 1. The van der Waals surface area contributed by atoms with Crippen LogP contribution in [0.3, 0.4) is 0 Å². The van der Waals surface area contributed by atoms with Crippen LogP contribution in [0.5, 0.6) is 11.5 Å². The number of hydrogen-bond acceptors (Lipinski definition) is 4. The fourth-order valence-electron chi connectivity index (χ4n) is 3.42. The van der Waals surface area contributed by atoms with Crippen LogP contribution in [0.2, 0.25) is 5.02 Å². The monoisotopic (exact) mass is 482 g/mol. The lowest BCUT2D eigenvalue weighted by molar-refractivity contribution is -0.114. The van der Waals surface area contributed by atoms with Gasteiger partial charge in [0, 0.05) is 7.05 Å². The van der Waals surface area contributed by atoms with Gasteiger partial charge in [0.1, 0.15) is 18.1 Å². The predicted molar refractivity (Wildman–Crippen MR) is 131 cm³/mol. The third kappa shape index (κ3) is 4.69.